The summed E-state index contributed by atoms with van der Waals surface area (Å²) < 4.78 is 1.77. The molecule has 1 aromatic carbocycles. The van der Waals surface area contributed by atoms with Crippen LogP contribution in [-0.4, -0.2) is 44.8 Å². The summed E-state index contributed by atoms with van der Waals surface area (Å²) in [6, 6.07) is 6.98. The van der Waals surface area contributed by atoms with Gasteiger partial charge in [0.15, 0.2) is 0 Å². The monoisotopic (exact) mass is 461 g/mol. The minimum atomic E-state index is -0.638. The normalized spacial score (nSPS) is 17.7. The number of rotatable bonds is 5. The standard InChI is InChI=1S/C29H39N3O2/c1-18(2)26-23-15-20(19-11-13-32(14-12-19)17-29(3,4)34)9-10-25(23)30-27(26)24-16-31(5)28(33)22-8-6-7-21(22)24/h9-10,15-16,18-19,30,34H,6-8,11-14,17H2,1-5H3. The number of H-pyrrole nitrogens is 1. The summed E-state index contributed by atoms with van der Waals surface area (Å²) in [5, 5.41) is 11.5. The second-order valence-electron chi connectivity index (χ2n) is 11.5. The lowest BCUT2D eigenvalue weighted by atomic mass is 9.87. The van der Waals surface area contributed by atoms with Crippen LogP contribution >= 0.6 is 0 Å². The maximum atomic E-state index is 12.7. The number of hydrogen-bond acceptors (Lipinski definition) is 3. The number of hydrogen-bond donors (Lipinski definition) is 2. The van der Waals surface area contributed by atoms with Crippen molar-refractivity contribution in [3.05, 3.63) is 57.0 Å². The summed E-state index contributed by atoms with van der Waals surface area (Å²) in [4.78, 5) is 18.8. The molecule has 0 unspecified atom stereocenters. The van der Waals surface area contributed by atoms with E-state index in [1.165, 1.54) is 38.9 Å². The highest BCUT2D eigenvalue weighted by Crippen LogP contribution is 2.40. The van der Waals surface area contributed by atoms with E-state index in [1.54, 1.807) is 4.57 Å². The van der Waals surface area contributed by atoms with Gasteiger partial charge in [0.2, 0.25) is 0 Å². The van der Waals surface area contributed by atoms with Crippen molar-refractivity contribution in [2.75, 3.05) is 19.6 Å². The zero-order valence-electron chi connectivity index (χ0n) is 21.4. The summed E-state index contributed by atoms with van der Waals surface area (Å²) in [6.45, 7) is 11.1. The van der Waals surface area contributed by atoms with Crippen molar-refractivity contribution in [1.82, 2.24) is 14.5 Å². The van der Waals surface area contributed by atoms with Gasteiger partial charge in [-0.2, -0.15) is 0 Å². The third kappa shape index (κ3) is 4.25. The van der Waals surface area contributed by atoms with Crippen LogP contribution in [0.3, 0.4) is 0 Å². The van der Waals surface area contributed by atoms with Gasteiger partial charge in [-0.25, -0.2) is 0 Å². The molecule has 3 aromatic rings. The average Bonchev–Trinajstić information content (AvgIpc) is 3.40. The van der Waals surface area contributed by atoms with Crippen LogP contribution in [0.1, 0.15) is 81.0 Å². The Labute approximate surface area is 202 Å². The number of aryl methyl sites for hydroxylation is 1. The number of fused-ring (bicyclic) bond motifs is 2. The highest BCUT2D eigenvalue weighted by atomic mass is 16.3. The Morgan fingerprint density at radius 2 is 1.85 bits per heavy atom. The number of likely N-dealkylation sites (tertiary alicyclic amines) is 1. The Morgan fingerprint density at radius 3 is 2.53 bits per heavy atom. The van der Waals surface area contributed by atoms with Gasteiger partial charge in [-0.1, -0.05) is 19.9 Å². The number of pyridine rings is 1. The lowest BCUT2D eigenvalue weighted by Crippen LogP contribution is -2.42. The molecule has 0 atom stereocenters. The number of β-amino-alcohol motifs (C(OH)–C–C–N with tert-alkyl or cyclic N) is 1. The second-order valence-corrected chi connectivity index (χ2v) is 11.5. The average molecular weight is 462 g/mol. The Kier molecular flexibility index (Phi) is 5.97. The molecule has 0 radical (unpaired) electrons. The molecule has 1 aliphatic heterocycles. The van der Waals surface area contributed by atoms with Crippen molar-refractivity contribution < 1.29 is 5.11 Å². The van der Waals surface area contributed by atoms with Gasteiger partial charge in [-0.3, -0.25) is 4.79 Å². The third-order valence-corrected chi connectivity index (χ3v) is 7.82. The minimum absolute atomic E-state index is 0.164. The molecule has 0 spiro atoms. The number of aliphatic hydroxyl groups is 1. The molecular formula is C29H39N3O2. The number of nitrogens with zero attached hydrogens (tertiary/aromatic N) is 2. The first-order valence-corrected chi connectivity index (χ1v) is 12.9. The summed E-state index contributed by atoms with van der Waals surface area (Å²) in [7, 11) is 1.88. The number of aromatic nitrogens is 2. The molecule has 2 N–H and O–H groups in total. The molecule has 0 saturated carbocycles. The number of benzene rings is 1. The predicted octanol–water partition coefficient (Wildman–Crippen LogP) is 5.10. The molecule has 1 fully saturated rings. The Bertz CT molecular complexity index is 1270. The van der Waals surface area contributed by atoms with Gasteiger partial charge in [0.25, 0.3) is 5.56 Å². The number of aromatic amines is 1. The largest absolute Gasteiger partial charge is 0.389 e. The zero-order chi connectivity index (χ0) is 24.2. The SMILES string of the molecule is CC(C)c1c(-c2cn(C)c(=O)c3c2CCC3)[nH]c2ccc(C3CCN(CC(C)(C)O)CC3)cc12. The lowest BCUT2D eigenvalue weighted by molar-refractivity contribution is 0.0282. The molecule has 5 heteroatoms. The first-order valence-electron chi connectivity index (χ1n) is 12.9. The first kappa shape index (κ1) is 23.4. The van der Waals surface area contributed by atoms with E-state index in [0.717, 1.165) is 57.3 Å². The molecule has 1 saturated heterocycles. The first-order chi connectivity index (χ1) is 16.1. The molecule has 1 aliphatic carbocycles. The molecule has 5 nitrogen and oxygen atoms in total. The summed E-state index contributed by atoms with van der Waals surface area (Å²) in [5.41, 5.74) is 8.15. The van der Waals surface area contributed by atoms with E-state index in [1.807, 2.05) is 27.1 Å². The van der Waals surface area contributed by atoms with Crippen molar-refractivity contribution in [3.63, 3.8) is 0 Å². The summed E-state index contributed by atoms with van der Waals surface area (Å²) in [6.07, 6.45) is 7.25. The van der Waals surface area contributed by atoms with E-state index in [2.05, 4.69) is 41.9 Å². The molecule has 2 aliphatic rings. The van der Waals surface area contributed by atoms with E-state index in [0.29, 0.717) is 11.8 Å². The van der Waals surface area contributed by atoms with Crippen LogP contribution in [0.15, 0.2) is 29.2 Å². The number of nitrogens with one attached hydrogen (secondary N) is 1. The van der Waals surface area contributed by atoms with Gasteiger partial charge in [-0.15, -0.1) is 0 Å². The van der Waals surface area contributed by atoms with E-state index < -0.39 is 5.60 Å². The van der Waals surface area contributed by atoms with Gasteiger partial charge >= 0.3 is 0 Å². The second kappa shape index (κ2) is 8.69. The summed E-state index contributed by atoms with van der Waals surface area (Å²) >= 11 is 0. The smallest absolute Gasteiger partial charge is 0.253 e. The maximum absolute atomic E-state index is 12.7. The molecular weight excluding hydrogens is 422 g/mol. The fraction of sp³-hybridized carbons (Fsp3) is 0.552. The van der Waals surface area contributed by atoms with E-state index >= 15 is 0 Å². The minimum Gasteiger partial charge on any atom is -0.389 e. The van der Waals surface area contributed by atoms with Gasteiger partial charge in [0.1, 0.15) is 0 Å². The highest BCUT2D eigenvalue weighted by molar-refractivity contribution is 5.92. The van der Waals surface area contributed by atoms with Crippen molar-refractivity contribution in [1.29, 1.82) is 0 Å². The maximum Gasteiger partial charge on any atom is 0.253 e. The Balaban J connectivity index is 1.52. The van der Waals surface area contributed by atoms with Crippen LogP contribution in [0.5, 0.6) is 0 Å². The van der Waals surface area contributed by atoms with Crippen molar-refractivity contribution >= 4 is 10.9 Å². The van der Waals surface area contributed by atoms with Crippen LogP contribution in [0.25, 0.3) is 22.2 Å². The van der Waals surface area contributed by atoms with Gasteiger partial charge < -0.3 is 19.6 Å². The number of piperidine rings is 1. The Hall–Kier alpha value is -2.37. The van der Waals surface area contributed by atoms with Crippen LogP contribution in [0.2, 0.25) is 0 Å². The van der Waals surface area contributed by atoms with Crippen LogP contribution in [0.4, 0.5) is 0 Å². The molecule has 34 heavy (non-hydrogen) atoms. The lowest BCUT2D eigenvalue weighted by Gasteiger charge is -2.35. The fourth-order valence-electron chi connectivity index (χ4n) is 6.30. The molecule has 182 valence electrons. The zero-order valence-corrected chi connectivity index (χ0v) is 21.4. The fourth-order valence-corrected chi connectivity index (χ4v) is 6.30. The molecule has 0 amide bonds. The van der Waals surface area contributed by atoms with Crippen molar-refractivity contribution in [2.45, 2.75) is 77.2 Å². The third-order valence-electron chi connectivity index (χ3n) is 7.82. The predicted molar refractivity (Wildman–Crippen MR) is 140 cm³/mol. The molecule has 2 aromatic heterocycles. The van der Waals surface area contributed by atoms with Crippen LogP contribution in [-0.2, 0) is 19.9 Å². The van der Waals surface area contributed by atoms with Crippen molar-refractivity contribution in [2.24, 2.45) is 7.05 Å². The van der Waals surface area contributed by atoms with Crippen LogP contribution in [0, 0.1) is 0 Å². The molecule has 3 heterocycles. The van der Waals surface area contributed by atoms with Crippen molar-refractivity contribution in [3.8, 4) is 11.3 Å². The summed E-state index contributed by atoms with van der Waals surface area (Å²) in [5.74, 6) is 0.935. The highest BCUT2D eigenvalue weighted by Gasteiger charge is 2.27. The Morgan fingerprint density at radius 1 is 1.15 bits per heavy atom. The van der Waals surface area contributed by atoms with E-state index in [9.17, 15) is 9.90 Å². The van der Waals surface area contributed by atoms with Gasteiger partial charge in [0.05, 0.1) is 11.3 Å². The van der Waals surface area contributed by atoms with E-state index in [-0.39, 0.29) is 5.56 Å². The van der Waals surface area contributed by atoms with Crippen LogP contribution < -0.4 is 5.56 Å². The molecule has 5 rings (SSSR count). The van der Waals surface area contributed by atoms with Gasteiger partial charge in [0, 0.05) is 41.8 Å². The molecule has 0 bridgehead atoms. The van der Waals surface area contributed by atoms with E-state index in [4.69, 9.17) is 0 Å². The topological polar surface area (TPSA) is 61.3 Å². The van der Waals surface area contributed by atoms with Gasteiger partial charge in [-0.05, 0) is 99.7 Å². The quantitative estimate of drug-likeness (QED) is 0.556.